The molecule has 1 rings (SSSR count). The Balaban J connectivity index is -0.000000116. The highest BCUT2D eigenvalue weighted by molar-refractivity contribution is 8.09. The molecular formula is C80H180N5O31P5S9. The van der Waals surface area contributed by atoms with Crippen molar-refractivity contribution < 1.29 is 138 Å². The quantitative estimate of drug-likeness (QED) is 0.0257. The monoisotopic (exact) mass is 2150 g/mol. The van der Waals surface area contributed by atoms with E-state index < -0.39 is 127 Å². The number of ketones is 2. The van der Waals surface area contributed by atoms with Gasteiger partial charge in [-0.3, -0.25) is 37.4 Å². The molecule has 1 saturated heterocycles. The van der Waals surface area contributed by atoms with Crippen molar-refractivity contribution in [3.8, 4) is 0 Å². The van der Waals surface area contributed by atoms with Gasteiger partial charge in [-0.1, -0.05) is 211 Å². The Morgan fingerprint density at radius 2 is 0.869 bits per heavy atom. The average Bonchev–Trinajstić information content (AvgIpc) is 1.72. The van der Waals surface area contributed by atoms with Gasteiger partial charge in [0.25, 0.3) is 0 Å². The van der Waals surface area contributed by atoms with Crippen LogP contribution in [0.3, 0.4) is 0 Å². The first kappa shape index (κ1) is 154. The summed E-state index contributed by atoms with van der Waals surface area (Å²) in [4.78, 5) is 76.1. The molecule has 0 bridgehead atoms. The number of carbonyl (C=O) groups is 3. The highest BCUT2D eigenvalue weighted by Crippen LogP contribution is 2.43. The summed E-state index contributed by atoms with van der Waals surface area (Å²) >= 11 is 4.76. The zero-order chi connectivity index (χ0) is 107. The maximum Gasteiger partial charge on any atom is 0.235 e. The van der Waals surface area contributed by atoms with Crippen LogP contribution in [0.4, 0.5) is 0 Å². The van der Waals surface area contributed by atoms with Gasteiger partial charge in [0.15, 0.2) is 31.9 Å². The van der Waals surface area contributed by atoms with E-state index in [1.807, 2.05) is 157 Å². The number of Topliss-reactive ketones (excluding diaryl/α,β-unsaturated/α-hetero) is 2. The standard InChI is InChI=1S/C7H15NO2S.C7H17O4PS.C7H15O3PS.C7H14O2.C6H15NO2S.C6H13NO2S.C6H14O3S.3C6H13O2P.C6H14O2S.C5H11NO3S.C5H13NO2S/c1-7(2)6-8-4-3-5-11(8,9)10;1-7(2)4-5-13(10,11)6-12(3,8)9;1-6(2)4-10-11(9,12)5-7(3)8;1-6(2)4-9-5-7(3)8;2*1-6(2)4-5-10(8,9)7-3;1-6(2)4-9-5-10(3,7)8;3*1-6(2)4-5-9(3,7)8;1-4-9(7,8)5-6(2)3;1-4(2)5(7)6-10(3,8)9;1-5(2)4-6-9(3,7)8/h7H,3-6H2,1-2H3;7H,4-6H2,1-3H3,(H,8,9);6H,4-5H2,1-3H3,(H,9,12);6H,4-5H2,1-3H3;6-7H,4-5H2,1-3H3;4-7H,1-3H3;6H,4-5H2,1-3H3;3*4-6H,1-3H3,(H,7,8);6H,4-5H2,1-3H3;4H,1-3H3,(H,6,7);5-6H,4H2,1-3H3/b;;;;;5-4+;;3*5-4+;;;. The van der Waals surface area contributed by atoms with Crippen LogP contribution in [0.2, 0.25) is 0 Å². The third kappa shape index (κ3) is 163. The molecule has 1 heterocycles. The fourth-order valence-electron chi connectivity index (χ4n) is 6.68. The van der Waals surface area contributed by atoms with Crippen LogP contribution in [0.1, 0.15) is 220 Å². The second-order valence-corrected chi connectivity index (χ2v) is 65.1. The molecule has 1 fully saturated rings. The van der Waals surface area contributed by atoms with Crippen LogP contribution in [0.25, 0.3) is 0 Å². The average molecular weight is 2150 g/mol. The molecule has 5 unspecified atom stereocenters. The summed E-state index contributed by atoms with van der Waals surface area (Å²) in [5, 5.41) is 1.18. The van der Waals surface area contributed by atoms with Crippen molar-refractivity contribution in [1.82, 2.24) is 23.2 Å². The Morgan fingerprint density at radius 1 is 0.492 bits per heavy atom. The van der Waals surface area contributed by atoms with Crippen molar-refractivity contribution >= 4 is 145 Å². The van der Waals surface area contributed by atoms with Gasteiger partial charge in [-0.05, 0) is 147 Å². The van der Waals surface area contributed by atoms with E-state index >= 15 is 0 Å². The number of sulfonamides is 5. The molecule has 0 aromatic heterocycles. The largest absolute Gasteiger partial charge is 0.373 e. The molecule has 1 aliphatic rings. The van der Waals surface area contributed by atoms with Gasteiger partial charge in [0.1, 0.15) is 33.7 Å². The second-order valence-electron chi connectivity index (χ2n) is 36.0. The number of amides is 1. The van der Waals surface area contributed by atoms with Crippen molar-refractivity contribution in [1.29, 1.82) is 0 Å². The van der Waals surface area contributed by atoms with E-state index in [0.717, 1.165) is 44.8 Å². The second kappa shape index (κ2) is 79.2. The number of ether oxygens (including phenoxy) is 2. The van der Waals surface area contributed by atoms with Gasteiger partial charge in [0, 0.05) is 76.2 Å². The Labute approximate surface area is 796 Å². The van der Waals surface area contributed by atoms with Gasteiger partial charge in [0.05, 0.1) is 54.9 Å². The molecule has 0 aromatic carbocycles. The molecule has 50 heteroatoms. The van der Waals surface area contributed by atoms with Gasteiger partial charge in [-0.25, -0.2) is 85.8 Å². The molecule has 130 heavy (non-hydrogen) atoms. The minimum Gasteiger partial charge on any atom is -0.373 e. The van der Waals surface area contributed by atoms with E-state index in [9.17, 15) is 105 Å². The molecule has 5 atom stereocenters. The normalized spacial score (nSPS) is 15.4. The number of allylic oxidation sites excluding steroid dienone is 4. The summed E-state index contributed by atoms with van der Waals surface area (Å²) in [6.07, 6.45) is 12.2. The molecule has 0 spiro atoms. The van der Waals surface area contributed by atoms with Crippen LogP contribution in [-0.2, 0) is 138 Å². The summed E-state index contributed by atoms with van der Waals surface area (Å²) in [6, 6.07) is 0. The van der Waals surface area contributed by atoms with Crippen molar-refractivity contribution in [2.45, 2.75) is 220 Å². The molecule has 0 saturated carbocycles. The van der Waals surface area contributed by atoms with Crippen molar-refractivity contribution in [3.63, 3.8) is 0 Å². The summed E-state index contributed by atoms with van der Waals surface area (Å²) in [5.74, 6) is 8.71. The summed E-state index contributed by atoms with van der Waals surface area (Å²) in [7, 11) is -33.6. The third-order valence-electron chi connectivity index (χ3n) is 12.8. The number of hydrogen-bond donors (Lipinski definition) is 9. The fraction of sp³-hybridized carbons (Fsp3) is 0.863. The Morgan fingerprint density at radius 3 is 1.08 bits per heavy atom. The molecule has 0 aromatic rings. The van der Waals surface area contributed by atoms with E-state index in [1.54, 1.807) is 49.4 Å². The highest BCUT2D eigenvalue weighted by atomic mass is 32.5. The lowest BCUT2D eigenvalue weighted by Crippen LogP contribution is -2.32. The number of sulfone groups is 3. The number of rotatable bonds is 41. The third-order valence-corrected chi connectivity index (χ3v) is 29.7. The van der Waals surface area contributed by atoms with Crippen molar-refractivity contribution in [2.24, 2.45) is 76.9 Å². The minimum absolute atomic E-state index is 0.00303. The van der Waals surface area contributed by atoms with Crippen LogP contribution >= 0.6 is 36.0 Å². The smallest absolute Gasteiger partial charge is 0.235 e. The molecule has 790 valence electrons. The lowest BCUT2D eigenvalue weighted by atomic mass is 10.2. The lowest BCUT2D eigenvalue weighted by Gasteiger charge is -2.15. The number of hydrogen-bond acceptors (Lipinski definition) is 27. The molecular weight excluding hydrogens is 1970 g/mol. The first-order valence-electron chi connectivity index (χ1n) is 42.4. The summed E-state index contributed by atoms with van der Waals surface area (Å²) in [6.45, 7) is 61.1. The van der Waals surface area contributed by atoms with E-state index in [-0.39, 0.29) is 65.3 Å². The zero-order valence-electron chi connectivity index (χ0n) is 85.6. The van der Waals surface area contributed by atoms with Crippen LogP contribution in [0.15, 0.2) is 47.2 Å². The van der Waals surface area contributed by atoms with Gasteiger partial charge >= 0.3 is 0 Å². The first-order chi connectivity index (χ1) is 57.4. The fourth-order valence-corrected chi connectivity index (χ4v) is 21.1. The predicted molar refractivity (Wildman–Crippen MR) is 546 cm³/mol. The molecule has 9 N–H and O–H groups in total. The summed E-state index contributed by atoms with van der Waals surface area (Å²) in [5.41, 5.74) is -0.591. The van der Waals surface area contributed by atoms with Gasteiger partial charge in [0.2, 0.25) is 85.5 Å². The number of nitrogens with one attached hydrogen (secondary N) is 4. The molecule has 36 nitrogen and oxygen atoms in total. The van der Waals surface area contributed by atoms with Crippen LogP contribution < -0.4 is 18.9 Å². The van der Waals surface area contributed by atoms with E-state index in [1.165, 1.54) is 70.8 Å². The number of carbonyl (C=O) groups excluding carboxylic acids is 3. The van der Waals surface area contributed by atoms with Crippen LogP contribution in [0, 0.1) is 76.9 Å². The topological polar surface area (TPSA) is 573 Å². The highest BCUT2D eigenvalue weighted by Gasteiger charge is 2.28. The Bertz CT molecular complexity index is 4260. The minimum atomic E-state index is -3.44. The molecule has 0 radical (unpaired) electrons. The molecule has 0 aliphatic carbocycles. The first-order valence-corrected chi connectivity index (χ1v) is 68.3. The zero-order valence-corrected chi connectivity index (χ0v) is 97.4. The van der Waals surface area contributed by atoms with E-state index in [4.69, 9.17) is 45.4 Å². The van der Waals surface area contributed by atoms with Crippen LogP contribution in [-0.4, -0.2) is 266 Å². The van der Waals surface area contributed by atoms with Gasteiger partial charge < -0.3 is 38.5 Å². The molecule has 1 aliphatic heterocycles. The maximum absolute atomic E-state index is 11.2. The lowest BCUT2D eigenvalue weighted by molar-refractivity contribution is -0.122. The van der Waals surface area contributed by atoms with Gasteiger partial charge in [-0.15, -0.1) is 0 Å². The number of nitrogens with zero attached hydrogens (tertiary/aromatic N) is 1. The van der Waals surface area contributed by atoms with Gasteiger partial charge in [-0.2, -0.15) is 0 Å². The Hall–Kier alpha value is -1.54. The van der Waals surface area contributed by atoms with E-state index in [2.05, 4.69) is 28.0 Å². The Kier molecular flexibility index (Phi) is 93.7. The van der Waals surface area contributed by atoms with Crippen molar-refractivity contribution in [2.75, 3.05) is 152 Å². The van der Waals surface area contributed by atoms with E-state index in [0.29, 0.717) is 110 Å². The maximum atomic E-state index is 11.2. The van der Waals surface area contributed by atoms with Crippen molar-refractivity contribution in [3.05, 3.63) is 47.2 Å². The van der Waals surface area contributed by atoms with Crippen LogP contribution in [0.5, 0.6) is 0 Å². The predicted octanol–water partition coefficient (Wildman–Crippen LogP) is 13.9. The molecule has 1 amide bonds. The summed E-state index contributed by atoms with van der Waals surface area (Å²) < 4.78 is 240. The SMILES string of the molecule is CC(=O)COCC(C)C.CC(=O)CP(O)(=S)OCC(C)C.CC(C)/C=C/P(C)(=O)O.CC(C)/C=C/P(C)(=O)O.CC(C)/C=C/P(C)(=O)O.CC(C)C(=O)NS(C)(=O)=O.CC(C)CCS(=O)(=O)CP(C)(=O)O.CC(C)CN1CCCS1(=O)=O.CC(C)CNS(C)(=O)=O.CC(C)COCS(C)(=O)=O.CCS(=O)(=O)CC(C)C.CNS(=O)(=O)/C=C/C(C)C.CNS(=O)(=O)CCC(C)C.